The lowest BCUT2D eigenvalue weighted by Crippen LogP contribution is -2.55. The van der Waals surface area contributed by atoms with Gasteiger partial charge < -0.3 is 14.5 Å². The number of piperazine rings is 1. The number of carbonyl (C=O) groups excluding carboxylic acids is 2. The van der Waals surface area contributed by atoms with Crippen molar-refractivity contribution in [2.45, 2.75) is 25.8 Å². The second-order valence-corrected chi connectivity index (χ2v) is 9.86. The van der Waals surface area contributed by atoms with E-state index in [-0.39, 0.29) is 40.3 Å². The molecule has 1 saturated heterocycles. The van der Waals surface area contributed by atoms with Crippen molar-refractivity contribution in [2.75, 3.05) is 31.1 Å². The number of ether oxygens (including phenoxy) is 1. The molecule has 1 unspecified atom stereocenters. The minimum Gasteiger partial charge on any atom is -0.491 e. The number of fused-ring (bicyclic) bond motifs is 3. The van der Waals surface area contributed by atoms with Crippen molar-refractivity contribution in [3.63, 3.8) is 0 Å². The highest BCUT2D eigenvalue weighted by Crippen LogP contribution is 2.49. The summed E-state index contributed by atoms with van der Waals surface area (Å²) in [5.41, 5.74) is 2.59. The van der Waals surface area contributed by atoms with E-state index in [0.29, 0.717) is 60.7 Å². The van der Waals surface area contributed by atoms with Crippen molar-refractivity contribution < 1.29 is 18.7 Å². The Morgan fingerprint density at radius 2 is 2.08 bits per heavy atom. The van der Waals surface area contributed by atoms with Gasteiger partial charge in [0.25, 0.3) is 0 Å². The first-order valence-electron chi connectivity index (χ1n) is 12.2. The maximum atomic E-state index is 16.4. The van der Waals surface area contributed by atoms with Crippen molar-refractivity contribution in [1.82, 2.24) is 14.9 Å². The van der Waals surface area contributed by atoms with E-state index in [1.165, 1.54) is 12.4 Å². The van der Waals surface area contributed by atoms with Gasteiger partial charge in [0, 0.05) is 49.2 Å². The molecular weight excluding hydrogens is 495 g/mol. The van der Waals surface area contributed by atoms with Crippen LogP contribution in [-0.4, -0.2) is 58.8 Å². The number of ketones is 1. The molecule has 3 aliphatic rings. The third kappa shape index (κ3) is 3.62. The van der Waals surface area contributed by atoms with Crippen LogP contribution in [-0.2, 0) is 4.79 Å². The van der Waals surface area contributed by atoms with E-state index < -0.39 is 5.82 Å². The monoisotopic (exact) mass is 518 g/mol. The highest BCUT2D eigenvalue weighted by molar-refractivity contribution is 6.37. The van der Waals surface area contributed by atoms with Crippen molar-refractivity contribution in [3.8, 4) is 16.9 Å². The summed E-state index contributed by atoms with van der Waals surface area (Å²) in [6, 6.07) is 3.65. The van der Waals surface area contributed by atoms with E-state index in [0.717, 1.165) is 11.1 Å². The van der Waals surface area contributed by atoms with Gasteiger partial charge in [-0.1, -0.05) is 42.5 Å². The van der Waals surface area contributed by atoms with Crippen LogP contribution in [0.15, 0.2) is 37.2 Å². The molecular formula is C28H24ClFN4O3. The molecule has 2 aliphatic heterocycles. The summed E-state index contributed by atoms with van der Waals surface area (Å²) < 4.78 is 22.6. The molecule has 1 atom stereocenters. The highest BCUT2D eigenvalue weighted by atomic mass is 35.5. The van der Waals surface area contributed by atoms with Crippen LogP contribution in [0.5, 0.6) is 5.75 Å². The van der Waals surface area contributed by atoms with Crippen LogP contribution in [0.2, 0.25) is 5.02 Å². The molecule has 0 N–H and O–H groups in total. The van der Waals surface area contributed by atoms with Crippen molar-refractivity contribution >= 4 is 46.1 Å². The van der Waals surface area contributed by atoms with Crippen LogP contribution in [0.1, 0.15) is 34.3 Å². The number of halogens is 2. The third-order valence-corrected chi connectivity index (χ3v) is 7.78. The molecule has 9 heteroatoms. The van der Waals surface area contributed by atoms with Crippen LogP contribution < -0.4 is 9.64 Å². The summed E-state index contributed by atoms with van der Waals surface area (Å²) in [5.74, 6) is -0.00223. The smallest absolute Gasteiger partial charge is 0.246 e. The Morgan fingerprint density at radius 1 is 1.24 bits per heavy atom. The van der Waals surface area contributed by atoms with E-state index in [9.17, 15) is 9.59 Å². The van der Waals surface area contributed by atoms with Crippen LogP contribution in [0.3, 0.4) is 0 Å². The second kappa shape index (κ2) is 8.95. The predicted octanol–water partition coefficient (Wildman–Crippen LogP) is 4.98. The first-order valence-corrected chi connectivity index (χ1v) is 12.6. The largest absolute Gasteiger partial charge is 0.491 e. The fraction of sp³-hybridized carbons (Fsp3) is 0.286. The summed E-state index contributed by atoms with van der Waals surface area (Å²) in [6.07, 6.45) is 7.18. The van der Waals surface area contributed by atoms with Gasteiger partial charge in [0.15, 0.2) is 17.3 Å². The van der Waals surface area contributed by atoms with E-state index in [1.54, 1.807) is 11.0 Å². The Labute approximate surface area is 218 Å². The van der Waals surface area contributed by atoms with Crippen LogP contribution in [0, 0.1) is 12.7 Å². The Morgan fingerprint density at radius 3 is 2.89 bits per heavy atom. The fourth-order valence-corrected chi connectivity index (χ4v) is 5.98. The Kier molecular flexibility index (Phi) is 5.71. The number of carbonyl (C=O) groups is 2. The summed E-state index contributed by atoms with van der Waals surface area (Å²) in [7, 11) is 0. The van der Waals surface area contributed by atoms with Crippen molar-refractivity contribution in [3.05, 3.63) is 64.7 Å². The average Bonchev–Trinajstić information content (AvgIpc) is 2.90. The van der Waals surface area contributed by atoms with Crippen LogP contribution >= 0.6 is 11.6 Å². The zero-order valence-corrected chi connectivity index (χ0v) is 21.0. The van der Waals surface area contributed by atoms with E-state index in [2.05, 4.69) is 21.4 Å². The molecule has 3 aromatic rings. The van der Waals surface area contributed by atoms with Crippen LogP contribution in [0.25, 0.3) is 28.1 Å². The SMILES string of the molecule is C=CC(=O)N1CCN2c3ncnc4c(F)c(-c5c(C)ccc6c5C(=O)CC=C6)c(Cl)c(c34)OCCC2C1. The van der Waals surface area contributed by atoms with Gasteiger partial charge in [0.2, 0.25) is 5.91 Å². The molecule has 1 aliphatic carbocycles. The summed E-state index contributed by atoms with van der Waals surface area (Å²) in [5, 5.41) is 0.495. The summed E-state index contributed by atoms with van der Waals surface area (Å²) in [6.45, 7) is 7.22. The van der Waals surface area contributed by atoms with Crippen molar-refractivity contribution in [1.29, 1.82) is 0 Å². The predicted molar refractivity (Wildman–Crippen MR) is 141 cm³/mol. The standard InChI is InChI=1S/C28H24ClFN4O3/c1-3-19(36)33-10-11-34-17(13-33)9-12-37-27-23-26(31-14-32-28(23)34)25(30)22(24(27)29)20-15(2)7-8-16-5-4-6-18(35)21(16)20/h3-5,7-8,14,17H,1,6,9-13H2,2H3. The highest BCUT2D eigenvalue weighted by Gasteiger charge is 2.36. The maximum Gasteiger partial charge on any atom is 0.246 e. The number of benzene rings is 2. The molecule has 3 heterocycles. The molecule has 0 spiro atoms. The van der Waals surface area contributed by atoms with Gasteiger partial charge in [-0.2, -0.15) is 0 Å². The number of allylic oxidation sites excluding steroid dienone is 1. The van der Waals surface area contributed by atoms with Crippen LogP contribution in [0.4, 0.5) is 10.2 Å². The molecule has 1 amide bonds. The number of anilines is 1. The van der Waals surface area contributed by atoms with E-state index in [4.69, 9.17) is 16.3 Å². The van der Waals surface area contributed by atoms with Crippen molar-refractivity contribution in [2.24, 2.45) is 0 Å². The summed E-state index contributed by atoms with van der Waals surface area (Å²) >= 11 is 6.95. The zero-order valence-electron chi connectivity index (χ0n) is 20.3. The Hall–Kier alpha value is -3.78. The Bertz CT molecular complexity index is 1540. The molecule has 0 bridgehead atoms. The molecule has 188 valence electrons. The Balaban J connectivity index is 1.58. The molecule has 37 heavy (non-hydrogen) atoms. The molecule has 0 radical (unpaired) electrons. The number of nitrogens with zero attached hydrogens (tertiary/aromatic N) is 4. The topological polar surface area (TPSA) is 75.6 Å². The van der Waals surface area contributed by atoms with Gasteiger partial charge in [-0.15, -0.1) is 0 Å². The van der Waals surface area contributed by atoms with Gasteiger partial charge in [0.05, 0.1) is 23.1 Å². The molecule has 1 fully saturated rings. The number of Topliss-reactive ketones (excluding diaryl/α,β-unsaturated/α-hetero) is 1. The van der Waals surface area contributed by atoms with E-state index >= 15 is 4.39 Å². The van der Waals surface area contributed by atoms with Gasteiger partial charge in [-0.3, -0.25) is 9.59 Å². The molecule has 2 aromatic carbocycles. The normalized spacial score (nSPS) is 18.6. The lowest BCUT2D eigenvalue weighted by molar-refractivity contribution is -0.126. The van der Waals surface area contributed by atoms with E-state index in [1.807, 2.05) is 25.1 Å². The van der Waals surface area contributed by atoms with Gasteiger partial charge in [-0.05, 0) is 24.1 Å². The number of rotatable bonds is 2. The number of aromatic nitrogens is 2. The molecule has 6 rings (SSSR count). The van der Waals surface area contributed by atoms with Gasteiger partial charge in [-0.25, -0.2) is 14.4 Å². The lowest BCUT2D eigenvalue weighted by atomic mass is 9.85. The number of aryl methyl sites for hydroxylation is 1. The fourth-order valence-electron chi connectivity index (χ4n) is 5.65. The molecule has 0 saturated carbocycles. The first kappa shape index (κ1) is 23.6. The quantitative estimate of drug-likeness (QED) is 0.445. The second-order valence-electron chi connectivity index (χ2n) is 9.48. The van der Waals surface area contributed by atoms with Gasteiger partial charge in [0.1, 0.15) is 17.7 Å². The minimum absolute atomic E-state index is 0.0711. The number of hydrogen-bond donors (Lipinski definition) is 0. The maximum absolute atomic E-state index is 16.4. The average molecular weight is 519 g/mol. The lowest BCUT2D eigenvalue weighted by Gasteiger charge is -2.43. The molecule has 1 aromatic heterocycles. The number of hydrogen-bond acceptors (Lipinski definition) is 6. The first-order chi connectivity index (χ1) is 17.9. The summed E-state index contributed by atoms with van der Waals surface area (Å²) in [4.78, 5) is 37.9. The molecule has 7 nitrogen and oxygen atoms in total. The third-order valence-electron chi connectivity index (χ3n) is 7.41. The minimum atomic E-state index is -0.618. The van der Waals surface area contributed by atoms with Gasteiger partial charge >= 0.3 is 0 Å². The number of amides is 1. The zero-order chi connectivity index (χ0) is 25.8.